The normalized spacial score (nSPS) is 11.2. The fraction of sp³-hybridized carbons (Fsp3) is 0.273. The van der Waals surface area contributed by atoms with Gasteiger partial charge < -0.3 is 14.9 Å². The second-order valence-electron chi connectivity index (χ2n) is 7.25. The summed E-state index contributed by atoms with van der Waals surface area (Å²) in [5.74, 6) is 1.17. The third-order valence-corrected chi connectivity index (χ3v) is 5.54. The lowest BCUT2D eigenvalue weighted by Crippen LogP contribution is -2.09. The smallest absolute Gasteiger partial charge is 0.222 e. The number of hydrogen-bond donors (Lipinski definition) is 2. The minimum absolute atomic E-state index is 0.153. The van der Waals surface area contributed by atoms with Gasteiger partial charge in [0.05, 0.1) is 12.3 Å². The number of tetrazole rings is 1. The number of rotatable bonds is 8. The molecule has 0 aliphatic heterocycles. The van der Waals surface area contributed by atoms with Crippen molar-refractivity contribution in [2.45, 2.75) is 39.3 Å². The SMILES string of the molecule is CCCCc1nc(Cl)c(CO)n1Cc1ccc(-c2ccccc2-c2nnnn2O)cc1. The molecule has 2 aromatic heterocycles. The summed E-state index contributed by atoms with van der Waals surface area (Å²) in [5.41, 5.74) is 4.31. The van der Waals surface area contributed by atoms with Crippen LogP contribution in [0.2, 0.25) is 5.15 Å². The fourth-order valence-electron chi connectivity index (χ4n) is 3.61. The molecule has 0 amide bonds. The molecule has 0 radical (unpaired) electrons. The molecule has 2 heterocycles. The van der Waals surface area contributed by atoms with Gasteiger partial charge in [-0.2, -0.15) is 0 Å². The Morgan fingerprint density at radius 2 is 1.77 bits per heavy atom. The molecule has 0 aliphatic rings. The van der Waals surface area contributed by atoms with Crippen molar-refractivity contribution in [2.75, 3.05) is 0 Å². The quantitative estimate of drug-likeness (QED) is 0.403. The number of aliphatic hydroxyl groups is 1. The van der Waals surface area contributed by atoms with Crippen LogP contribution in [0.4, 0.5) is 0 Å². The summed E-state index contributed by atoms with van der Waals surface area (Å²) < 4.78 is 2.00. The maximum Gasteiger partial charge on any atom is 0.222 e. The lowest BCUT2D eigenvalue weighted by atomic mass is 9.98. The number of aryl methyl sites for hydroxylation is 1. The van der Waals surface area contributed by atoms with Crippen molar-refractivity contribution in [3.05, 3.63) is 70.8 Å². The first-order valence-electron chi connectivity index (χ1n) is 10.1. The number of halogens is 1. The molecular formula is C22H23ClN6O2. The van der Waals surface area contributed by atoms with Crippen LogP contribution in [0.25, 0.3) is 22.5 Å². The van der Waals surface area contributed by atoms with E-state index in [1.54, 1.807) is 0 Å². The maximum absolute atomic E-state index is 9.86. The van der Waals surface area contributed by atoms with Crippen molar-refractivity contribution in [1.82, 2.24) is 29.9 Å². The van der Waals surface area contributed by atoms with Gasteiger partial charge in [0.15, 0.2) is 5.15 Å². The highest BCUT2D eigenvalue weighted by Gasteiger charge is 2.16. The van der Waals surface area contributed by atoms with Gasteiger partial charge in [-0.25, -0.2) is 4.98 Å². The molecule has 2 aromatic carbocycles. The molecule has 0 aliphatic carbocycles. The van der Waals surface area contributed by atoms with Gasteiger partial charge in [0.1, 0.15) is 5.82 Å². The summed E-state index contributed by atoms with van der Waals surface area (Å²) >= 11 is 6.25. The molecular weight excluding hydrogens is 416 g/mol. The zero-order chi connectivity index (χ0) is 21.8. The van der Waals surface area contributed by atoms with Gasteiger partial charge in [0.25, 0.3) is 0 Å². The second kappa shape index (κ2) is 9.28. The van der Waals surface area contributed by atoms with Crippen LogP contribution in [0.15, 0.2) is 48.5 Å². The van der Waals surface area contributed by atoms with Gasteiger partial charge in [-0.15, -0.1) is 5.10 Å². The number of benzene rings is 2. The van der Waals surface area contributed by atoms with Crippen molar-refractivity contribution in [2.24, 2.45) is 0 Å². The van der Waals surface area contributed by atoms with E-state index in [4.69, 9.17) is 11.6 Å². The van der Waals surface area contributed by atoms with E-state index in [0.29, 0.717) is 22.2 Å². The van der Waals surface area contributed by atoms with E-state index in [1.807, 2.05) is 53.1 Å². The first-order valence-corrected chi connectivity index (χ1v) is 10.5. The summed E-state index contributed by atoms with van der Waals surface area (Å²) in [4.78, 5) is 5.12. The fourth-order valence-corrected chi connectivity index (χ4v) is 3.87. The zero-order valence-electron chi connectivity index (χ0n) is 17.1. The largest absolute Gasteiger partial charge is 0.409 e. The molecule has 0 bridgehead atoms. The average molecular weight is 439 g/mol. The Bertz CT molecular complexity index is 1170. The van der Waals surface area contributed by atoms with Gasteiger partial charge >= 0.3 is 0 Å². The standard InChI is InChI=1S/C22H23ClN6O2/c1-2-3-8-20-24-21(23)19(14-30)28(20)13-15-9-11-16(12-10-15)17-6-4-5-7-18(17)22-25-26-27-29(22)31/h4-7,9-12,30-31H,2-3,8,13-14H2,1H3. The monoisotopic (exact) mass is 438 g/mol. The van der Waals surface area contributed by atoms with Gasteiger partial charge in [0.2, 0.25) is 5.82 Å². The third-order valence-electron chi connectivity index (χ3n) is 5.23. The molecule has 9 heteroatoms. The molecule has 0 saturated heterocycles. The van der Waals surface area contributed by atoms with E-state index < -0.39 is 0 Å². The van der Waals surface area contributed by atoms with Crippen LogP contribution in [-0.2, 0) is 19.6 Å². The first kappa shape index (κ1) is 21.0. The van der Waals surface area contributed by atoms with Crippen LogP contribution < -0.4 is 0 Å². The zero-order valence-corrected chi connectivity index (χ0v) is 17.9. The van der Waals surface area contributed by atoms with Crippen LogP contribution in [0.3, 0.4) is 0 Å². The number of aliphatic hydroxyl groups excluding tert-OH is 1. The van der Waals surface area contributed by atoms with Gasteiger partial charge in [-0.3, -0.25) is 0 Å². The van der Waals surface area contributed by atoms with Crippen LogP contribution in [0.1, 0.15) is 36.8 Å². The van der Waals surface area contributed by atoms with Gasteiger partial charge in [0, 0.05) is 18.5 Å². The van der Waals surface area contributed by atoms with Crippen molar-refractivity contribution in [3.63, 3.8) is 0 Å². The molecule has 4 rings (SSSR count). The second-order valence-corrected chi connectivity index (χ2v) is 7.61. The number of hydrogen-bond acceptors (Lipinski definition) is 6. The Morgan fingerprint density at radius 3 is 2.42 bits per heavy atom. The highest BCUT2D eigenvalue weighted by atomic mass is 35.5. The summed E-state index contributed by atoms with van der Waals surface area (Å²) in [5, 5.41) is 30.9. The maximum atomic E-state index is 9.86. The van der Waals surface area contributed by atoms with E-state index in [-0.39, 0.29) is 12.4 Å². The minimum Gasteiger partial charge on any atom is -0.409 e. The van der Waals surface area contributed by atoms with Crippen LogP contribution >= 0.6 is 11.6 Å². The molecule has 8 nitrogen and oxygen atoms in total. The molecule has 0 unspecified atom stereocenters. The summed E-state index contributed by atoms with van der Waals surface area (Å²) in [6, 6.07) is 15.7. The predicted octanol–water partition coefficient (Wildman–Crippen LogP) is 3.98. The van der Waals surface area contributed by atoms with Crippen molar-refractivity contribution < 1.29 is 10.3 Å². The molecule has 0 saturated carbocycles. The van der Waals surface area contributed by atoms with Crippen molar-refractivity contribution >= 4 is 11.6 Å². The van der Waals surface area contributed by atoms with E-state index in [0.717, 1.165) is 47.3 Å². The molecule has 4 aromatic rings. The van der Waals surface area contributed by atoms with Crippen LogP contribution in [0.5, 0.6) is 0 Å². The van der Waals surface area contributed by atoms with Crippen LogP contribution in [-0.4, -0.2) is 40.2 Å². The Balaban J connectivity index is 1.64. The highest BCUT2D eigenvalue weighted by Crippen LogP contribution is 2.30. The molecule has 2 N–H and O–H groups in total. The minimum atomic E-state index is -0.153. The Hall–Kier alpha value is -3.23. The molecule has 0 fully saturated rings. The number of imidazole rings is 1. The van der Waals surface area contributed by atoms with E-state index in [1.165, 1.54) is 0 Å². The summed E-state index contributed by atoms with van der Waals surface area (Å²) in [6.07, 6.45) is 2.89. The molecule has 31 heavy (non-hydrogen) atoms. The lowest BCUT2D eigenvalue weighted by molar-refractivity contribution is 0.147. The number of aromatic nitrogens is 6. The Morgan fingerprint density at radius 1 is 1.03 bits per heavy atom. The predicted molar refractivity (Wildman–Crippen MR) is 117 cm³/mol. The summed E-state index contributed by atoms with van der Waals surface area (Å²) in [6.45, 7) is 2.55. The first-order chi connectivity index (χ1) is 15.1. The molecule has 0 spiro atoms. The average Bonchev–Trinajstić information content (AvgIpc) is 3.35. The van der Waals surface area contributed by atoms with E-state index in [9.17, 15) is 10.3 Å². The van der Waals surface area contributed by atoms with Crippen molar-refractivity contribution in [3.8, 4) is 22.5 Å². The Kier molecular flexibility index (Phi) is 6.29. The lowest BCUT2D eigenvalue weighted by Gasteiger charge is -2.12. The topological polar surface area (TPSA) is 102 Å². The van der Waals surface area contributed by atoms with E-state index in [2.05, 4.69) is 27.4 Å². The molecule has 0 atom stereocenters. The third kappa shape index (κ3) is 4.30. The number of nitrogens with zero attached hydrogens (tertiary/aromatic N) is 6. The molecule has 160 valence electrons. The Labute approximate surface area is 184 Å². The van der Waals surface area contributed by atoms with Crippen LogP contribution in [0, 0.1) is 0 Å². The summed E-state index contributed by atoms with van der Waals surface area (Å²) in [7, 11) is 0. The highest BCUT2D eigenvalue weighted by molar-refractivity contribution is 6.30. The van der Waals surface area contributed by atoms with Gasteiger partial charge in [-0.1, -0.05) is 78.3 Å². The number of unbranched alkanes of at least 4 members (excludes halogenated alkanes) is 1. The van der Waals surface area contributed by atoms with Gasteiger partial charge in [-0.05, 0) is 33.5 Å². The van der Waals surface area contributed by atoms with Crippen molar-refractivity contribution in [1.29, 1.82) is 0 Å². The van der Waals surface area contributed by atoms with E-state index >= 15 is 0 Å².